The van der Waals surface area contributed by atoms with E-state index in [1.165, 1.54) is 6.08 Å². The average molecular weight is 335 g/mol. The first-order valence-corrected chi connectivity index (χ1v) is 7.53. The highest BCUT2D eigenvalue weighted by molar-refractivity contribution is 6.29. The fraction of sp³-hybridized carbons (Fsp3) is 0.294. The molecular formula is C17H19ClN2O3. The van der Waals surface area contributed by atoms with Gasteiger partial charge in [-0.25, -0.2) is 4.98 Å². The molecule has 0 aromatic carbocycles. The number of aromatic nitrogens is 1. The second-order valence-corrected chi connectivity index (χ2v) is 5.95. The molecule has 1 unspecified atom stereocenters. The van der Waals surface area contributed by atoms with E-state index in [9.17, 15) is 9.90 Å². The Labute approximate surface area is 140 Å². The molecule has 23 heavy (non-hydrogen) atoms. The van der Waals surface area contributed by atoms with Gasteiger partial charge in [0, 0.05) is 17.8 Å². The summed E-state index contributed by atoms with van der Waals surface area (Å²) < 4.78 is 5.42. The minimum Gasteiger partial charge on any atom is -0.466 e. The van der Waals surface area contributed by atoms with E-state index in [4.69, 9.17) is 16.0 Å². The Hall–Kier alpha value is -2.11. The van der Waals surface area contributed by atoms with Gasteiger partial charge in [-0.3, -0.25) is 4.79 Å². The lowest BCUT2D eigenvalue weighted by molar-refractivity contribution is -0.117. The number of rotatable bonds is 5. The van der Waals surface area contributed by atoms with Gasteiger partial charge in [0.05, 0.1) is 6.54 Å². The first-order chi connectivity index (χ1) is 10.8. The number of carbonyl (C=O) groups excluding carboxylic acids is 1. The van der Waals surface area contributed by atoms with Gasteiger partial charge in [-0.15, -0.1) is 0 Å². The van der Waals surface area contributed by atoms with Crippen LogP contribution in [0.4, 0.5) is 0 Å². The van der Waals surface area contributed by atoms with Crippen LogP contribution in [0.1, 0.15) is 29.6 Å². The van der Waals surface area contributed by atoms with Crippen molar-refractivity contribution >= 4 is 23.6 Å². The number of aryl methyl sites for hydroxylation is 2. The molecule has 5 nitrogen and oxygen atoms in total. The van der Waals surface area contributed by atoms with Crippen molar-refractivity contribution in [2.75, 3.05) is 6.54 Å². The van der Waals surface area contributed by atoms with Crippen LogP contribution in [0, 0.1) is 13.8 Å². The maximum Gasteiger partial charge on any atom is 0.244 e. The highest BCUT2D eigenvalue weighted by Crippen LogP contribution is 2.26. The number of nitrogens with one attached hydrogen (secondary N) is 1. The third kappa shape index (κ3) is 4.68. The summed E-state index contributed by atoms with van der Waals surface area (Å²) in [6.07, 6.45) is 4.58. The SMILES string of the molecule is Cc1cc(C(C)(O)CNC(=O)/C=C/c2ccc(Cl)nc2)c(C)o1. The van der Waals surface area contributed by atoms with Gasteiger partial charge in [0.25, 0.3) is 0 Å². The van der Waals surface area contributed by atoms with Crippen LogP contribution in [0.3, 0.4) is 0 Å². The Kier molecular flexibility index (Phi) is 5.23. The van der Waals surface area contributed by atoms with Crippen LogP contribution in [0.5, 0.6) is 0 Å². The van der Waals surface area contributed by atoms with Gasteiger partial charge in [0.2, 0.25) is 5.91 Å². The molecule has 0 saturated carbocycles. The van der Waals surface area contributed by atoms with Crippen LogP contribution in [0.15, 0.2) is 34.9 Å². The third-order valence-corrected chi connectivity index (χ3v) is 3.63. The number of nitrogens with zero attached hydrogens (tertiary/aromatic N) is 1. The maximum absolute atomic E-state index is 11.9. The number of hydrogen-bond acceptors (Lipinski definition) is 4. The summed E-state index contributed by atoms with van der Waals surface area (Å²) in [5.41, 5.74) is 0.228. The van der Waals surface area contributed by atoms with Crippen molar-refractivity contribution in [3.8, 4) is 0 Å². The lowest BCUT2D eigenvalue weighted by Gasteiger charge is -2.22. The van der Waals surface area contributed by atoms with Crippen LogP contribution in [0.25, 0.3) is 6.08 Å². The van der Waals surface area contributed by atoms with E-state index in [1.807, 2.05) is 6.92 Å². The van der Waals surface area contributed by atoms with Gasteiger partial charge in [0.1, 0.15) is 22.3 Å². The van der Waals surface area contributed by atoms with Gasteiger partial charge >= 0.3 is 0 Å². The van der Waals surface area contributed by atoms with Gasteiger partial charge in [-0.1, -0.05) is 17.7 Å². The van der Waals surface area contributed by atoms with E-state index < -0.39 is 5.60 Å². The summed E-state index contributed by atoms with van der Waals surface area (Å²) in [5.74, 6) is 1.06. The average Bonchev–Trinajstić information content (AvgIpc) is 2.84. The van der Waals surface area contributed by atoms with Crippen molar-refractivity contribution in [1.29, 1.82) is 0 Å². The summed E-state index contributed by atoms with van der Waals surface area (Å²) in [7, 11) is 0. The van der Waals surface area contributed by atoms with Crippen molar-refractivity contribution in [1.82, 2.24) is 10.3 Å². The number of aliphatic hydroxyl groups is 1. The zero-order chi connectivity index (χ0) is 17.0. The fourth-order valence-electron chi connectivity index (χ4n) is 2.24. The summed E-state index contributed by atoms with van der Waals surface area (Å²) in [5, 5.41) is 13.6. The molecule has 0 radical (unpaired) electrons. The van der Waals surface area contributed by atoms with Crippen molar-refractivity contribution in [2.45, 2.75) is 26.4 Å². The molecule has 0 saturated heterocycles. The largest absolute Gasteiger partial charge is 0.466 e. The minimum atomic E-state index is -1.20. The lowest BCUT2D eigenvalue weighted by atomic mass is 9.96. The standard InChI is InChI=1S/C17H19ClN2O3/c1-11-8-14(12(2)23-11)17(3,22)10-20-16(21)7-5-13-4-6-15(18)19-9-13/h4-9,22H,10H2,1-3H3,(H,20,21)/b7-5+. The molecule has 1 amide bonds. The van der Waals surface area contributed by atoms with Gasteiger partial charge in [0.15, 0.2) is 0 Å². The highest BCUT2D eigenvalue weighted by atomic mass is 35.5. The van der Waals surface area contributed by atoms with Crippen LogP contribution in [-0.2, 0) is 10.4 Å². The second-order valence-electron chi connectivity index (χ2n) is 5.57. The number of furan rings is 1. The molecule has 2 aromatic heterocycles. The molecule has 2 heterocycles. The molecule has 2 rings (SSSR count). The van der Waals surface area contributed by atoms with Crippen LogP contribution in [-0.4, -0.2) is 22.5 Å². The molecule has 0 aliphatic carbocycles. The quantitative estimate of drug-likeness (QED) is 0.651. The molecule has 2 N–H and O–H groups in total. The van der Waals surface area contributed by atoms with Crippen molar-refractivity contribution in [2.24, 2.45) is 0 Å². The van der Waals surface area contributed by atoms with E-state index in [-0.39, 0.29) is 12.5 Å². The minimum absolute atomic E-state index is 0.0782. The zero-order valence-corrected chi connectivity index (χ0v) is 14.0. The van der Waals surface area contributed by atoms with Gasteiger partial charge in [-0.2, -0.15) is 0 Å². The topological polar surface area (TPSA) is 75.4 Å². The number of halogens is 1. The number of pyridine rings is 1. The summed E-state index contributed by atoms with van der Waals surface area (Å²) in [6, 6.07) is 5.18. The molecule has 6 heteroatoms. The number of amides is 1. The van der Waals surface area contributed by atoms with Crippen LogP contribution < -0.4 is 5.32 Å². The Morgan fingerprint density at radius 1 is 1.48 bits per heavy atom. The molecule has 122 valence electrons. The molecule has 2 aromatic rings. The molecule has 0 bridgehead atoms. The Balaban J connectivity index is 1.95. The highest BCUT2D eigenvalue weighted by Gasteiger charge is 2.27. The number of carbonyl (C=O) groups is 1. The van der Waals surface area contributed by atoms with Gasteiger partial charge in [-0.05, 0) is 44.5 Å². The summed E-state index contributed by atoms with van der Waals surface area (Å²) in [4.78, 5) is 15.8. The molecule has 0 fully saturated rings. The zero-order valence-electron chi connectivity index (χ0n) is 13.3. The van der Waals surface area contributed by atoms with Crippen LogP contribution >= 0.6 is 11.6 Å². The monoisotopic (exact) mass is 334 g/mol. The summed E-state index contributed by atoms with van der Waals surface area (Å²) in [6.45, 7) is 5.31. The second kappa shape index (κ2) is 6.98. The first kappa shape index (κ1) is 17.2. The van der Waals surface area contributed by atoms with E-state index in [0.717, 1.165) is 11.3 Å². The Morgan fingerprint density at radius 2 is 2.22 bits per heavy atom. The van der Waals surface area contributed by atoms with E-state index >= 15 is 0 Å². The van der Waals surface area contributed by atoms with E-state index in [2.05, 4.69) is 10.3 Å². The Morgan fingerprint density at radius 3 is 2.78 bits per heavy atom. The fourth-order valence-corrected chi connectivity index (χ4v) is 2.35. The Bertz CT molecular complexity index is 718. The normalized spacial score (nSPS) is 14.0. The predicted molar refractivity (Wildman–Crippen MR) is 89.0 cm³/mol. The predicted octanol–water partition coefficient (Wildman–Crippen LogP) is 2.98. The third-order valence-electron chi connectivity index (χ3n) is 3.41. The van der Waals surface area contributed by atoms with Crippen molar-refractivity contribution < 1.29 is 14.3 Å². The smallest absolute Gasteiger partial charge is 0.244 e. The molecule has 0 spiro atoms. The summed E-state index contributed by atoms with van der Waals surface area (Å²) >= 11 is 5.70. The van der Waals surface area contributed by atoms with Crippen molar-refractivity contribution in [3.05, 3.63) is 58.3 Å². The number of hydrogen-bond donors (Lipinski definition) is 2. The molecule has 0 aliphatic rings. The van der Waals surface area contributed by atoms with Gasteiger partial charge < -0.3 is 14.8 Å². The maximum atomic E-state index is 11.9. The molecule has 0 aliphatic heterocycles. The van der Waals surface area contributed by atoms with E-state index in [0.29, 0.717) is 16.5 Å². The van der Waals surface area contributed by atoms with Crippen molar-refractivity contribution in [3.63, 3.8) is 0 Å². The first-order valence-electron chi connectivity index (χ1n) is 7.15. The lowest BCUT2D eigenvalue weighted by Crippen LogP contribution is -2.38. The molecule has 1 atom stereocenters. The van der Waals surface area contributed by atoms with Crippen LogP contribution in [0.2, 0.25) is 5.15 Å². The van der Waals surface area contributed by atoms with E-state index in [1.54, 1.807) is 44.3 Å². The molecular weight excluding hydrogens is 316 g/mol.